The topological polar surface area (TPSA) is 55.2 Å². The second kappa shape index (κ2) is 9.09. The van der Waals surface area contributed by atoms with Crippen LogP contribution < -0.4 is 9.47 Å². The van der Waals surface area contributed by atoms with Crippen molar-refractivity contribution in [3.05, 3.63) is 53.8 Å². The van der Waals surface area contributed by atoms with Gasteiger partial charge in [-0.1, -0.05) is 18.2 Å². The van der Waals surface area contributed by atoms with Crippen molar-refractivity contribution in [2.45, 2.75) is 13.8 Å². The second-order valence-electron chi connectivity index (χ2n) is 8.26. The van der Waals surface area contributed by atoms with Crippen molar-refractivity contribution in [2.75, 3.05) is 47.4 Å². The number of furan rings is 1. The van der Waals surface area contributed by atoms with Crippen LogP contribution in [0.3, 0.4) is 0 Å². The quantitative estimate of drug-likeness (QED) is 0.549. The van der Waals surface area contributed by atoms with Gasteiger partial charge >= 0.3 is 0 Å². The Hall–Kier alpha value is -3.25. The third kappa shape index (κ3) is 3.98. The maximum atomic E-state index is 12.9. The molecule has 1 aliphatic heterocycles. The highest BCUT2D eigenvalue weighted by molar-refractivity contribution is 6.02. The lowest BCUT2D eigenvalue weighted by molar-refractivity contribution is -0.127. The SMILES string of the molecule is COc1ccccc1-c1coc2c(C)c(OC)c(/C(C)=C/C(=O)N3CCN(C)CC3)cc12. The number of benzene rings is 2. The third-order valence-corrected chi connectivity index (χ3v) is 6.22. The zero-order chi connectivity index (χ0) is 22.8. The van der Waals surface area contributed by atoms with Gasteiger partial charge in [0.2, 0.25) is 5.91 Å². The normalized spacial score (nSPS) is 15.3. The van der Waals surface area contributed by atoms with Gasteiger partial charge in [0.15, 0.2) is 0 Å². The van der Waals surface area contributed by atoms with Gasteiger partial charge in [-0.05, 0) is 38.6 Å². The van der Waals surface area contributed by atoms with Gasteiger partial charge in [0.25, 0.3) is 0 Å². The van der Waals surface area contributed by atoms with Crippen LogP contribution in [0.4, 0.5) is 0 Å². The molecule has 0 spiro atoms. The van der Waals surface area contributed by atoms with E-state index in [-0.39, 0.29) is 5.91 Å². The van der Waals surface area contributed by atoms with Crippen molar-refractivity contribution < 1.29 is 18.7 Å². The summed E-state index contributed by atoms with van der Waals surface area (Å²) in [6, 6.07) is 9.93. The maximum absolute atomic E-state index is 12.9. The number of methoxy groups -OCH3 is 2. The first-order valence-corrected chi connectivity index (χ1v) is 10.8. The Kier molecular flexibility index (Phi) is 6.24. The van der Waals surface area contributed by atoms with Crippen molar-refractivity contribution in [1.29, 1.82) is 0 Å². The molecule has 0 saturated carbocycles. The van der Waals surface area contributed by atoms with Gasteiger partial charge in [-0.25, -0.2) is 0 Å². The number of hydrogen-bond donors (Lipinski definition) is 0. The van der Waals surface area contributed by atoms with Crippen molar-refractivity contribution in [3.63, 3.8) is 0 Å². The number of allylic oxidation sites excluding steroid dienone is 1. The summed E-state index contributed by atoms with van der Waals surface area (Å²) < 4.78 is 17.3. The zero-order valence-electron chi connectivity index (χ0n) is 19.4. The molecule has 2 aromatic carbocycles. The lowest BCUT2D eigenvalue weighted by atomic mass is 9.96. The molecule has 0 aliphatic carbocycles. The van der Waals surface area contributed by atoms with Crippen molar-refractivity contribution in [2.24, 2.45) is 0 Å². The number of carbonyl (C=O) groups is 1. The van der Waals surface area contributed by atoms with Crippen LogP contribution in [0.5, 0.6) is 11.5 Å². The number of para-hydroxylation sites is 1. The minimum atomic E-state index is 0.0348. The standard InChI is InChI=1S/C26H30N2O4/c1-17(14-24(29)28-12-10-27(3)11-13-28)20-15-21-22(19-8-6-7-9-23(19)30-4)16-32-26(21)18(2)25(20)31-5/h6-9,14-16H,10-13H2,1-5H3/b17-14+. The number of fused-ring (bicyclic) bond motifs is 1. The molecule has 3 aromatic rings. The summed E-state index contributed by atoms with van der Waals surface area (Å²) in [4.78, 5) is 17.1. The summed E-state index contributed by atoms with van der Waals surface area (Å²) >= 11 is 0. The van der Waals surface area contributed by atoms with Gasteiger partial charge in [-0.2, -0.15) is 0 Å². The summed E-state index contributed by atoms with van der Waals surface area (Å²) in [6.45, 7) is 7.21. The fraction of sp³-hybridized carbons (Fsp3) is 0.346. The summed E-state index contributed by atoms with van der Waals surface area (Å²) in [5.41, 5.74) is 5.33. The number of amides is 1. The Morgan fingerprint density at radius 3 is 2.47 bits per heavy atom. The van der Waals surface area contributed by atoms with Crippen LogP contribution in [-0.2, 0) is 4.79 Å². The fourth-order valence-electron chi connectivity index (χ4n) is 4.33. The van der Waals surface area contributed by atoms with Gasteiger partial charge in [0, 0.05) is 59.9 Å². The molecule has 1 aliphatic rings. The van der Waals surface area contributed by atoms with E-state index in [1.165, 1.54) is 0 Å². The van der Waals surface area contributed by atoms with Gasteiger partial charge in [-0.3, -0.25) is 4.79 Å². The lowest BCUT2D eigenvalue weighted by Gasteiger charge is -2.31. The van der Waals surface area contributed by atoms with E-state index in [1.807, 2.05) is 43.0 Å². The van der Waals surface area contributed by atoms with Crippen molar-refractivity contribution in [1.82, 2.24) is 9.80 Å². The molecule has 0 bridgehead atoms. The number of likely N-dealkylation sites (N-methyl/N-ethyl adjacent to an activating group) is 1. The smallest absolute Gasteiger partial charge is 0.246 e. The molecule has 1 amide bonds. The molecular formula is C26H30N2O4. The summed E-state index contributed by atoms with van der Waals surface area (Å²) in [7, 11) is 5.39. The van der Waals surface area contributed by atoms with E-state index in [9.17, 15) is 4.79 Å². The Labute approximate surface area is 189 Å². The minimum absolute atomic E-state index is 0.0348. The first-order valence-electron chi connectivity index (χ1n) is 10.8. The maximum Gasteiger partial charge on any atom is 0.246 e. The third-order valence-electron chi connectivity index (χ3n) is 6.22. The van der Waals surface area contributed by atoms with Crippen LogP contribution >= 0.6 is 0 Å². The number of hydrogen-bond acceptors (Lipinski definition) is 5. The van der Waals surface area contributed by atoms with Crippen LogP contribution in [0.2, 0.25) is 0 Å². The van der Waals surface area contributed by atoms with E-state index in [0.717, 1.165) is 76.5 Å². The second-order valence-corrected chi connectivity index (χ2v) is 8.26. The van der Waals surface area contributed by atoms with Gasteiger partial charge in [0.1, 0.15) is 17.1 Å². The predicted octanol–water partition coefficient (Wildman–Crippen LogP) is 4.60. The molecule has 32 heavy (non-hydrogen) atoms. The minimum Gasteiger partial charge on any atom is -0.496 e. The number of rotatable bonds is 5. The first kappa shape index (κ1) is 22.0. The highest BCUT2D eigenvalue weighted by Gasteiger charge is 2.22. The summed E-state index contributed by atoms with van der Waals surface area (Å²) in [5, 5.41) is 0.961. The highest BCUT2D eigenvalue weighted by Crippen LogP contribution is 2.42. The lowest BCUT2D eigenvalue weighted by Crippen LogP contribution is -2.46. The molecule has 4 rings (SSSR count). The van der Waals surface area contributed by atoms with E-state index in [4.69, 9.17) is 13.9 Å². The number of piperazine rings is 1. The van der Waals surface area contributed by atoms with Gasteiger partial charge in [0.05, 0.1) is 20.5 Å². The highest BCUT2D eigenvalue weighted by atomic mass is 16.5. The Morgan fingerprint density at radius 2 is 1.78 bits per heavy atom. The molecule has 1 saturated heterocycles. The van der Waals surface area contributed by atoms with Crippen molar-refractivity contribution in [3.8, 4) is 22.6 Å². The fourth-order valence-corrected chi connectivity index (χ4v) is 4.33. The summed E-state index contributed by atoms with van der Waals surface area (Å²) in [6.07, 6.45) is 3.48. The number of aryl methyl sites for hydroxylation is 1. The average molecular weight is 435 g/mol. The van der Waals surface area contributed by atoms with Crippen molar-refractivity contribution >= 4 is 22.4 Å². The zero-order valence-corrected chi connectivity index (χ0v) is 19.4. The van der Waals surface area contributed by atoms with Crippen LogP contribution in [0, 0.1) is 6.92 Å². The molecule has 2 heterocycles. The van der Waals surface area contributed by atoms with Gasteiger partial charge in [-0.15, -0.1) is 0 Å². The number of nitrogens with zero attached hydrogens (tertiary/aromatic N) is 2. The Balaban J connectivity index is 1.79. The molecule has 1 fully saturated rings. The molecule has 0 unspecified atom stereocenters. The first-order chi connectivity index (χ1) is 15.4. The molecule has 6 heteroatoms. The molecular weight excluding hydrogens is 404 g/mol. The summed E-state index contributed by atoms with van der Waals surface area (Å²) in [5.74, 6) is 1.54. The van der Waals surface area contributed by atoms with Crippen LogP contribution in [0.15, 0.2) is 47.1 Å². The Morgan fingerprint density at radius 1 is 1.06 bits per heavy atom. The number of ether oxygens (including phenoxy) is 2. The van der Waals surface area contributed by atoms with E-state index in [0.29, 0.717) is 0 Å². The van der Waals surface area contributed by atoms with Gasteiger partial charge < -0.3 is 23.7 Å². The van der Waals surface area contributed by atoms with Crippen LogP contribution in [0.25, 0.3) is 27.7 Å². The molecule has 1 aromatic heterocycles. The largest absolute Gasteiger partial charge is 0.496 e. The van der Waals surface area contributed by atoms with E-state index in [1.54, 1.807) is 26.6 Å². The molecule has 0 N–H and O–H groups in total. The monoisotopic (exact) mass is 434 g/mol. The van der Waals surface area contributed by atoms with E-state index in [2.05, 4.69) is 18.0 Å². The molecule has 6 nitrogen and oxygen atoms in total. The predicted molar refractivity (Wildman–Crippen MR) is 127 cm³/mol. The van der Waals surface area contributed by atoms with E-state index < -0.39 is 0 Å². The Bertz CT molecular complexity index is 1170. The average Bonchev–Trinajstić information content (AvgIpc) is 3.23. The van der Waals surface area contributed by atoms with Crippen LogP contribution in [-0.4, -0.2) is 63.2 Å². The molecule has 0 radical (unpaired) electrons. The van der Waals surface area contributed by atoms with Crippen LogP contribution in [0.1, 0.15) is 18.1 Å². The van der Waals surface area contributed by atoms with E-state index >= 15 is 0 Å². The number of carbonyl (C=O) groups excluding carboxylic acids is 1. The molecule has 168 valence electrons. The molecule has 0 atom stereocenters.